The molecule has 0 bridgehead atoms. The summed E-state index contributed by atoms with van der Waals surface area (Å²) in [4.78, 5) is 4.98. The van der Waals surface area contributed by atoms with Crippen molar-refractivity contribution in [3.63, 3.8) is 0 Å². The van der Waals surface area contributed by atoms with Gasteiger partial charge in [-0.15, -0.1) is 0 Å². The standard InChI is InChI=1S/C34H26N3P/c1-23(38-4)16-34(28-12-6-5-7-13-28)37-25(3)31-19-32(29-14-8-10-26(17-29)21-35)24(2)33(20-31)30-15-9-11-27(18-30)22-36/h5-20H,3-4H2,1-2H3/b23-16+,37-34?. The highest BCUT2D eigenvalue weighted by Crippen LogP contribution is 2.36. The summed E-state index contributed by atoms with van der Waals surface area (Å²) >= 11 is 0. The van der Waals surface area contributed by atoms with Crippen LogP contribution in [0.15, 0.2) is 114 Å². The number of rotatable bonds is 7. The third-order valence-corrected chi connectivity index (χ3v) is 6.89. The van der Waals surface area contributed by atoms with E-state index in [1.807, 2.05) is 79.7 Å². The molecule has 0 saturated carbocycles. The second-order valence-corrected chi connectivity index (χ2v) is 9.86. The number of hydrogen-bond donors (Lipinski definition) is 0. The zero-order valence-electron chi connectivity index (χ0n) is 21.4. The quantitative estimate of drug-likeness (QED) is 0.185. The van der Waals surface area contributed by atoms with Gasteiger partial charge in [-0.25, -0.2) is 4.99 Å². The zero-order valence-corrected chi connectivity index (χ0v) is 22.3. The Kier molecular flexibility index (Phi) is 8.25. The second-order valence-electron chi connectivity index (χ2n) is 8.84. The second kappa shape index (κ2) is 11.9. The zero-order chi connectivity index (χ0) is 27.1. The van der Waals surface area contributed by atoms with E-state index in [4.69, 9.17) is 4.99 Å². The van der Waals surface area contributed by atoms with Gasteiger partial charge in [-0.05, 0) is 89.5 Å². The smallest absolute Gasteiger partial charge is 0.0991 e. The maximum atomic E-state index is 9.49. The van der Waals surface area contributed by atoms with Crippen molar-refractivity contribution in [3.05, 3.63) is 137 Å². The van der Waals surface area contributed by atoms with Crippen molar-refractivity contribution in [2.75, 3.05) is 0 Å². The predicted octanol–water partition coefficient (Wildman–Crippen LogP) is 8.81. The molecule has 0 aromatic heterocycles. The van der Waals surface area contributed by atoms with E-state index >= 15 is 0 Å². The molecule has 4 aromatic carbocycles. The minimum atomic E-state index is 0.594. The van der Waals surface area contributed by atoms with Crippen LogP contribution in [0.5, 0.6) is 0 Å². The molecule has 182 valence electrons. The van der Waals surface area contributed by atoms with Crippen LogP contribution in [0.1, 0.15) is 34.7 Å². The van der Waals surface area contributed by atoms with Crippen molar-refractivity contribution < 1.29 is 0 Å². The summed E-state index contributed by atoms with van der Waals surface area (Å²) in [5, 5.41) is 20.1. The molecule has 3 nitrogen and oxygen atoms in total. The fourth-order valence-electron chi connectivity index (χ4n) is 4.24. The van der Waals surface area contributed by atoms with Gasteiger partial charge in [-0.1, -0.05) is 75.7 Å². The van der Waals surface area contributed by atoms with Crippen molar-refractivity contribution in [1.82, 2.24) is 0 Å². The number of hydrogen-bond acceptors (Lipinski definition) is 3. The van der Waals surface area contributed by atoms with Gasteiger partial charge in [0, 0.05) is 11.1 Å². The monoisotopic (exact) mass is 507 g/mol. The Balaban J connectivity index is 1.95. The summed E-state index contributed by atoms with van der Waals surface area (Å²) in [7, 11) is 0.930. The summed E-state index contributed by atoms with van der Waals surface area (Å²) in [6, 6.07) is 33.8. The molecule has 4 aromatic rings. The fourth-order valence-corrected chi connectivity index (χ4v) is 4.45. The highest BCUT2D eigenvalue weighted by atomic mass is 31.1. The molecule has 0 radical (unpaired) electrons. The largest absolute Gasteiger partial charge is 0.248 e. The lowest BCUT2D eigenvalue weighted by Gasteiger charge is -2.16. The van der Waals surface area contributed by atoms with Crippen LogP contribution in [0.4, 0.5) is 0 Å². The summed E-state index contributed by atoms with van der Waals surface area (Å²) in [6.45, 7) is 8.44. The van der Waals surface area contributed by atoms with Gasteiger partial charge < -0.3 is 0 Å². The van der Waals surface area contributed by atoms with E-state index in [1.54, 1.807) is 12.1 Å². The molecule has 0 spiro atoms. The fraction of sp³-hybridized carbons (Fsp3) is 0.0588. The first kappa shape index (κ1) is 26.2. The predicted molar refractivity (Wildman–Crippen MR) is 161 cm³/mol. The molecule has 0 N–H and O–H groups in total. The van der Waals surface area contributed by atoms with E-state index < -0.39 is 0 Å². The first-order valence-electron chi connectivity index (χ1n) is 12.1. The van der Waals surface area contributed by atoms with Gasteiger partial charge in [-0.2, -0.15) is 10.5 Å². The van der Waals surface area contributed by atoms with Crippen LogP contribution in [-0.4, -0.2) is 12.0 Å². The van der Waals surface area contributed by atoms with Gasteiger partial charge in [0.2, 0.25) is 0 Å². The third-order valence-electron chi connectivity index (χ3n) is 6.27. The summed E-state index contributed by atoms with van der Waals surface area (Å²) in [6.07, 6.45) is 6.02. The number of benzene rings is 4. The van der Waals surface area contributed by atoms with Gasteiger partial charge in [0.1, 0.15) is 0 Å². The third kappa shape index (κ3) is 5.93. The highest BCUT2D eigenvalue weighted by molar-refractivity contribution is 7.41. The molecule has 0 saturated heterocycles. The van der Waals surface area contributed by atoms with Gasteiger partial charge in [0.25, 0.3) is 0 Å². The summed E-state index contributed by atoms with van der Waals surface area (Å²) in [5.41, 5.74) is 9.36. The Morgan fingerprint density at radius 1 is 0.789 bits per heavy atom. The lowest BCUT2D eigenvalue weighted by Crippen LogP contribution is -1.99. The van der Waals surface area contributed by atoms with Crippen molar-refractivity contribution in [3.8, 4) is 34.4 Å². The number of nitrogens with zero attached hydrogens (tertiary/aromatic N) is 3. The Hall–Kier alpha value is -4.82. The normalized spacial score (nSPS) is 11.6. The molecule has 0 unspecified atom stereocenters. The van der Waals surface area contributed by atoms with E-state index in [1.165, 1.54) is 0 Å². The van der Waals surface area contributed by atoms with Crippen LogP contribution in [0.25, 0.3) is 28.0 Å². The van der Waals surface area contributed by atoms with Gasteiger partial charge in [0.15, 0.2) is 0 Å². The van der Waals surface area contributed by atoms with Crippen molar-refractivity contribution in [1.29, 1.82) is 10.5 Å². The van der Waals surface area contributed by atoms with Crippen LogP contribution >= 0.6 is 8.20 Å². The van der Waals surface area contributed by atoms with E-state index in [0.717, 1.165) is 58.2 Å². The Bertz CT molecular complexity index is 1600. The molecule has 0 amide bonds. The molecule has 0 heterocycles. The molecule has 0 aliphatic carbocycles. The van der Waals surface area contributed by atoms with Gasteiger partial charge in [-0.3, -0.25) is 0 Å². The molecule has 0 fully saturated rings. The van der Waals surface area contributed by atoms with Crippen LogP contribution < -0.4 is 0 Å². The molecule has 38 heavy (non-hydrogen) atoms. The lowest BCUT2D eigenvalue weighted by atomic mass is 9.89. The van der Waals surface area contributed by atoms with Gasteiger partial charge >= 0.3 is 0 Å². The summed E-state index contributed by atoms with van der Waals surface area (Å²) in [5.74, 6) is 0. The maximum absolute atomic E-state index is 9.49. The van der Waals surface area contributed by atoms with E-state index in [-0.39, 0.29) is 0 Å². The Morgan fingerprint density at radius 2 is 1.34 bits per heavy atom. The number of nitriles is 2. The first-order valence-corrected chi connectivity index (χ1v) is 13.2. The van der Waals surface area contributed by atoms with Crippen molar-refractivity contribution in [2.24, 2.45) is 4.99 Å². The van der Waals surface area contributed by atoms with Crippen molar-refractivity contribution in [2.45, 2.75) is 13.8 Å². The van der Waals surface area contributed by atoms with Crippen LogP contribution in [0, 0.1) is 29.6 Å². The van der Waals surface area contributed by atoms with E-state index in [9.17, 15) is 10.5 Å². The maximum Gasteiger partial charge on any atom is 0.0991 e. The van der Waals surface area contributed by atoms with Crippen molar-refractivity contribution >= 4 is 25.9 Å². The molecule has 0 atom stereocenters. The summed E-state index contributed by atoms with van der Waals surface area (Å²) < 4.78 is 0. The molecule has 4 rings (SSSR count). The molecule has 0 aliphatic heterocycles. The average Bonchev–Trinajstić information content (AvgIpc) is 2.97. The first-order chi connectivity index (χ1) is 18.4. The SMILES string of the molecule is C=P/C(C)=C/C(=NC(=C)c1cc(-c2cccc(C#N)c2)c(C)c(-c2cccc(C#N)c2)c1)c1ccccc1. The topological polar surface area (TPSA) is 59.9 Å². The Morgan fingerprint density at radius 3 is 1.84 bits per heavy atom. The van der Waals surface area contributed by atoms with Crippen LogP contribution in [0.3, 0.4) is 0 Å². The van der Waals surface area contributed by atoms with Gasteiger partial charge in [0.05, 0.1) is 34.7 Å². The molecule has 0 aliphatic rings. The van der Waals surface area contributed by atoms with E-state index in [2.05, 4.69) is 44.1 Å². The van der Waals surface area contributed by atoms with Crippen LogP contribution in [0.2, 0.25) is 0 Å². The highest BCUT2D eigenvalue weighted by Gasteiger charge is 2.14. The molecular formula is C34H26N3P. The minimum absolute atomic E-state index is 0.594. The van der Waals surface area contributed by atoms with E-state index in [0.29, 0.717) is 16.8 Å². The Labute approximate surface area is 226 Å². The molecular weight excluding hydrogens is 481 g/mol. The van der Waals surface area contributed by atoms with Crippen LogP contribution in [-0.2, 0) is 0 Å². The number of aliphatic imine (C=N–C) groups is 1. The number of allylic oxidation sites excluding steroid dienone is 2. The average molecular weight is 508 g/mol. The minimum Gasteiger partial charge on any atom is -0.248 e. The molecule has 4 heteroatoms. The lowest BCUT2D eigenvalue weighted by molar-refractivity contribution is 1.40.